The van der Waals surface area contributed by atoms with Crippen LogP contribution in [0, 0.1) is 23.7 Å². The third-order valence-corrected chi connectivity index (χ3v) is 6.18. The molecule has 2 aliphatic carbocycles. The summed E-state index contributed by atoms with van der Waals surface area (Å²) < 4.78 is 11.0. The Morgan fingerprint density at radius 1 is 0.818 bits per heavy atom. The Balaban J connectivity index is 1.34. The molecule has 0 amide bonds. The van der Waals surface area contributed by atoms with E-state index in [1.165, 1.54) is 32.1 Å². The second-order valence-electron chi connectivity index (χ2n) is 7.48. The molecule has 3 rings (SSSR count). The van der Waals surface area contributed by atoms with Gasteiger partial charge in [-0.3, -0.25) is 4.79 Å². The molecular weight excluding hydrogens is 280 g/mol. The maximum atomic E-state index is 11.0. The highest BCUT2D eigenvalue weighted by molar-refractivity contribution is 5.69. The van der Waals surface area contributed by atoms with Crippen molar-refractivity contribution in [2.75, 3.05) is 13.2 Å². The lowest BCUT2D eigenvalue weighted by Crippen LogP contribution is -2.28. The number of carboxylic acids is 1. The number of ether oxygens (including phenoxy) is 2. The van der Waals surface area contributed by atoms with Crippen molar-refractivity contribution in [2.45, 2.75) is 70.5 Å². The van der Waals surface area contributed by atoms with E-state index in [0.717, 1.165) is 63.1 Å². The van der Waals surface area contributed by atoms with Gasteiger partial charge in [0.1, 0.15) is 0 Å². The van der Waals surface area contributed by atoms with Gasteiger partial charge in [0.25, 0.3) is 0 Å². The third kappa shape index (κ3) is 4.23. The van der Waals surface area contributed by atoms with Crippen LogP contribution >= 0.6 is 0 Å². The summed E-state index contributed by atoms with van der Waals surface area (Å²) in [6.07, 6.45) is 11.8. The van der Waals surface area contributed by atoms with Crippen molar-refractivity contribution in [1.29, 1.82) is 0 Å². The smallest absolute Gasteiger partial charge is 0.306 e. The summed E-state index contributed by atoms with van der Waals surface area (Å²) >= 11 is 0. The summed E-state index contributed by atoms with van der Waals surface area (Å²) in [5, 5.41) is 9.10. The quantitative estimate of drug-likeness (QED) is 0.838. The molecule has 1 saturated heterocycles. The van der Waals surface area contributed by atoms with E-state index >= 15 is 0 Å². The van der Waals surface area contributed by atoms with Gasteiger partial charge in [0, 0.05) is 0 Å². The van der Waals surface area contributed by atoms with Crippen LogP contribution in [0.5, 0.6) is 0 Å². The van der Waals surface area contributed by atoms with Gasteiger partial charge in [0.2, 0.25) is 0 Å². The van der Waals surface area contributed by atoms with Gasteiger partial charge in [-0.05, 0) is 69.1 Å². The predicted octanol–water partition coefficient (Wildman–Crippen LogP) is 3.84. The molecule has 126 valence electrons. The minimum absolute atomic E-state index is 0.0593. The molecule has 3 aliphatic rings. The van der Waals surface area contributed by atoms with Crippen molar-refractivity contribution in [1.82, 2.24) is 0 Å². The van der Waals surface area contributed by atoms with Crippen LogP contribution in [0.4, 0.5) is 0 Å². The number of carboxylic acid groups (broad SMARTS) is 1. The molecule has 0 spiro atoms. The summed E-state index contributed by atoms with van der Waals surface area (Å²) in [5.74, 6) is 1.83. The Hall–Kier alpha value is -0.610. The molecule has 0 aromatic rings. The normalized spacial score (nSPS) is 37.3. The zero-order valence-corrected chi connectivity index (χ0v) is 13.5. The number of aliphatic carboxylic acids is 1. The maximum absolute atomic E-state index is 11.0. The van der Waals surface area contributed by atoms with Gasteiger partial charge in [-0.15, -0.1) is 0 Å². The van der Waals surface area contributed by atoms with Gasteiger partial charge >= 0.3 is 5.97 Å². The van der Waals surface area contributed by atoms with Crippen molar-refractivity contribution in [2.24, 2.45) is 23.7 Å². The molecule has 0 bridgehead atoms. The van der Waals surface area contributed by atoms with Crippen LogP contribution in [0.1, 0.15) is 64.2 Å². The summed E-state index contributed by atoms with van der Waals surface area (Å²) in [6.45, 7) is 1.52. The molecule has 0 aromatic heterocycles. The topological polar surface area (TPSA) is 55.8 Å². The molecule has 0 radical (unpaired) electrons. The first-order valence-corrected chi connectivity index (χ1v) is 9.18. The van der Waals surface area contributed by atoms with Gasteiger partial charge in [0.05, 0.1) is 19.1 Å². The fourth-order valence-electron chi connectivity index (χ4n) is 4.73. The van der Waals surface area contributed by atoms with E-state index in [0.29, 0.717) is 0 Å². The van der Waals surface area contributed by atoms with Gasteiger partial charge in [-0.1, -0.05) is 12.8 Å². The standard InChI is InChI=1S/C18H30O4/c19-18(20)16-8-6-15(7-9-16)14-4-1-13(2-5-14)3-10-17-21-11-12-22-17/h13-17H,1-12H2,(H,19,20)/t13-,14-,15?,16?. The number of hydrogen-bond donors (Lipinski definition) is 1. The minimum atomic E-state index is -0.585. The van der Waals surface area contributed by atoms with Gasteiger partial charge in [-0.25, -0.2) is 0 Å². The highest BCUT2D eigenvalue weighted by atomic mass is 16.7. The molecule has 1 aliphatic heterocycles. The van der Waals surface area contributed by atoms with Crippen molar-refractivity contribution in [3.8, 4) is 0 Å². The molecule has 22 heavy (non-hydrogen) atoms. The summed E-state index contributed by atoms with van der Waals surface area (Å²) in [5.41, 5.74) is 0. The van der Waals surface area contributed by atoms with Crippen LogP contribution in [-0.4, -0.2) is 30.6 Å². The number of rotatable bonds is 5. The van der Waals surface area contributed by atoms with Crippen LogP contribution < -0.4 is 0 Å². The number of carbonyl (C=O) groups is 1. The highest BCUT2D eigenvalue weighted by Crippen LogP contribution is 2.42. The van der Waals surface area contributed by atoms with Gasteiger partial charge < -0.3 is 14.6 Å². The molecular formula is C18H30O4. The first kappa shape index (κ1) is 16.3. The maximum Gasteiger partial charge on any atom is 0.306 e. The van der Waals surface area contributed by atoms with Crippen LogP contribution in [0.3, 0.4) is 0 Å². The van der Waals surface area contributed by atoms with Crippen molar-refractivity contribution >= 4 is 5.97 Å². The molecule has 4 heteroatoms. The molecule has 0 aromatic carbocycles. The average Bonchev–Trinajstić information content (AvgIpc) is 3.07. The molecule has 4 nitrogen and oxygen atoms in total. The fourth-order valence-corrected chi connectivity index (χ4v) is 4.73. The third-order valence-electron chi connectivity index (χ3n) is 6.18. The Morgan fingerprint density at radius 2 is 1.36 bits per heavy atom. The van der Waals surface area contributed by atoms with E-state index in [2.05, 4.69) is 0 Å². The number of hydrogen-bond acceptors (Lipinski definition) is 3. The van der Waals surface area contributed by atoms with Crippen LogP contribution in [-0.2, 0) is 14.3 Å². The molecule has 0 atom stereocenters. The zero-order valence-electron chi connectivity index (χ0n) is 13.5. The van der Waals surface area contributed by atoms with E-state index in [1.54, 1.807) is 0 Å². The minimum Gasteiger partial charge on any atom is -0.481 e. The first-order chi connectivity index (χ1) is 10.7. The molecule has 1 heterocycles. The predicted molar refractivity (Wildman–Crippen MR) is 83.5 cm³/mol. The monoisotopic (exact) mass is 310 g/mol. The summed E-state index contributed by atoms with van der Waals surface area (Å²) in [7, 11) is 0. The van der Waals surface area contributed by atoms with Crippen molar-refractivity contribution in [3.63, 3.8) is 0 Å². The van der Waals surface area contributed by atoms with Crippen LogP contribution in [0.25, 0.3) is 0 Å². The first-order valence-electron chi connectivity index (χ1n) is 9.18. The second-order valence-corrected chi connectivity index (χ2v) is 7.48. The molecule has 2 saturated carbocycles. The Bertz CT molecular complexity index is 348. The largest absolute Gasteiger partial charge is 0.481 e. The summed E-state index contributed by atoms with van der Waals surface area (Å²) in [6, 6.07) is 0. The second kappa shape index (κ2) is 7.78. The van der Waals surface area contributed by atoms with Gasteiger partial charge in [0.15, 0.2) is 6.29 Å². The molecule has 3 fully saturated rings. The average molecular weight is 310 g/mol. The molecule has 1 N–H and O–H groups in total. The van der Waals surface area contributed by atoms with E-state index in [-0.39, 0.29) is 12.2 Å². The Kier molecular flexibility index (Phi) is 5.75. The lowest BCUT2D eigenvalue weighted by Gasteiger charge is -2.37. The lowest BCUT2D eigenvalue weighted by atomic mass is 9.69. The van der Waals surface area contributed by atoms with Crippen LogP contribution in [0.2, 0.25) is 0 Å². The van der Waals surface area contributed by atoms with E-state index < -0.39 is 5.97 Å². The highest BCUT2D eigenvalue weighted by Gasteiger charge is 2.33. The Morgan fingerprint density at radius 3 is 1.91 bits per heavy atom. The van der Waals surface area contributed by atoms with E-state index in [9.17, 15) is 4.79 Å². The van der Waals surface area contributed by atoms with Crippen molar-refractivity contribution in [3.05, 3.63) is 0 Å². The SMILES string of the molecule is O=C(O)C1CCC([C@H]2CC[C@H](CCC3OCCO3)CC2)CC1. The lowest BCUT2D eigenvalue weighted by molar-refractivity contribution is -0.143. The summed E-state index contributed by atoms with van der Waals surface area (Å²) in [4.78, 5) is 11.0. The van der Waals surface area contributed by atoms with Gasteiger partial charge in [-0.2, -0.15) is 0 Å². The van der Waals surface area contributed by atoms with E-state index in [4.69, 9.17) is 14.6 Å². The molecule has 0 unspecified atom stereocenters. The van der Waals surface area contributed by atoms with E-state index in [1.807, 2.05) is 0 Å². The van der Waals surface area contributed by atoms with Crippen LogP contribution in [0.15, 0.2) is 0 Å². The zero-order chi connectivity index (χ0) is 15.4. The Labute approximate surface area is 133 Å². The fraction of sp³-hybridized carbons (Fsp3) is 0.944. The van der Waals surface area contributed by atoms with Crippen molar-refractivity contribution < 1.29 is 19.4 Å².